The topological polar surface area (TPSA) is 79.1 Å². The Kier molecular flexibility index (Phi) is 3.85. The number of carbonyl (C=O) groups excluding carboxylic acids is 1. The summed E-state index contributed by atoms with van der Waals surface area (Å²) in [4.78, 5) is 11.6. The highest BCUT2D eigenvalue weighted by Gasteiger charge is 2.22. The van der Waals surface area contributed by atoms with Crippen LogP contribution in [0.25, 0.3) is 17.5 Å². The normalized spacial score (nSPS) is 14.9. The predicted molar refractivity (Wildman–Crippen MR) is 83.6 cm³/mol. The first kappa shape index (κ1) is 15.2. The van der Waals surface area contributed by atoms with Gasteiger partial charge in [-0.1, -0.05) is 6.08 Å². The summed E-state index contributed by atoms with van der Waals surface area (Å²) >= 11 is 0. The number of rotatable bonds is 4. The van der Waals surface area contributed by atoms with Crippen LogP contribution in [0.15, 0.2) is 24.3 Å². The van der Waals surface area contributed by atoms with Gasteiger partial charge in [0.15, 0.2) is 5.82 Å². The van der Waals surface area contributed by atoms with Crippen molar-refractivity contribution < 1.29 is 14.3 Å². The summed E-state index contributed by atoms with van der Waals surface area (Å²) in [7, 11) is 0. The highest BCUT2D eigenvalue weighted by molar-refractivity contribution is 5.71. The molecule has 2 heterocycles. The van der Waals surface area contributed by atoms with Crippen molar-refractivity contribution in [3.8, 4) is 17.1 Å². The molecule has 0 saturated heterocycles. The van der Waals surface area contributed by atoms with Gasteiger partial charge in [0.05, 0.1) is 6.61 Å². The van der Waals surface area contributed by atoms with Crippen LogP contribution in [0.5, 0.6) is 5.75 Å². The first-order valence-electron chi connectivity index (χ1n) is 7.43. The summed E-state index contributed by atoms with van der Waals surface area (Å²) in [6.07, 6.45) is 4.02. The molecule has 3 rings (SSSR count). The van der Waals surface area contributed by atoms with Crippen LogP contribution in [-0.4, -0.2) is 38.4 Å². The summed E-state index contributed by atoms with van der Waals surface area (Å²) in [6.45, 7) is 6.07. The highest BCUT2D eigenvalue weighted by Crippen LogP contribution is 2.33. The Balaban J connectivity index is 1.89. The van der Waals surface area contributed by atoms with Crippen LogP contribution in [0.3, 0.4) is 0 Å². The maximum atomic E-state index is 11.6. The molecule has 0 radical (unpaired) electrons. The third kappa shape index (κ3) is 3.23. The monoisotopic (exact) mass is 314 g/mol. The minimum absolute atomic E-state index is 0.0212. The molecular weight excluding hydrogens is 296 g/mol. The molecule has 1 aliphatic heterocycles. The Bertz CT molecular complexity index is 764. The second-order valence-corrected chi connectivity index (χ2v) is 5.76. The quantitative estimate of drug-likeness (QED) is 0.804. The van der Waals surface area contributed by atoms with Crippen molar-refractivity contribution in [1.82, 2.24) is 20.2 Å². The summed E-state index contributed by atoms with van der Waals surface area (Å²) in [5.41, 5.74) is 1.44. The molecule has 2 aromatic rings. The molecule has 1 aliphatic rings. The first-order valence-corrected chi connectivity index (χ1v) is 7.43. The van der Waals surface area contributed by atoms with Gasteiger partial charge in [-0.3, -0.25) is 4.79 Å². The Morgan fingerprint density at radius 2 is 2.22 bits per heavy atom. The Hall–Kier alpha value is -2.70. The minimum Gasteiger partial charge on any atom is -0.483 e. The lowest BCUT2D eigenvalue weighted by molar-refractivity contribution is -0.144. The largest absolute Gasteiger partial charge is 0.483 e. The summed E-state index contributed by atoms with van der Waals surface area (Å²) in [5, 5.41) is 11.5. The number of hydrogen-bond donors (Lipinski definition) is 0. The van der Waals surface area contributed by atoms with Gasteiger partial charge in [-0.25, -0.2) is 4.68 Å². The van der Waals surface area contributed by atoms with Gasteiger partial charge in [0.2, 0.25) is 0 Å². The van der Waals surface area contributed by atoms with E-state index in [1.165, 1.54) is 4.68 Å². The smallest absolute Gasteiger partial charge is 0.327 e. The van der Waals surface area contributed by atoms with E-state index in [9.17, 15) is 4.79 Å². The second kappa shape index (κ2) is 5.83. The van der Waals surface area contributed by atoms with Crippen molar-refractivity contribution in [3.05, 3.63) is 29.8 Å². The van der Waals surface area contributed by atoms with Crippen molar-refractivity contribution in [2.75, 3.05) is 6.61 Å². The summed E-state index contributed by atoms with van der Waals surface area (Å²) < 4.78 is 12.3. The maximum absolute atomic E-state index is 11.6. The van der Waals surface area contributed by atoms with E-state index in [1.54, 1.807) is 6.92 Å². The van der Waals surface area contributed by atoms with Gasteiger partial charge in [0, 0.05) is 11.1 Å². The van der Waals surface area contributed by atoms with Crippen molar-refractivity contribution in [2.24, 2.45) is 0 Å². The SMILES string of the molecule is CCOC(=O)Cn1nnnc1-c1ccc2c(c1)C=CC(C)(C)O2. The molecular formula is C16H18N4O3. The number of fused-ring (bicyclic) bond motifs is 1. The summed E-state index contributed by atoms with van der Waals surface area (Å²) in [5.74, 6) is 0.953. The third-order valence-electron chi connectivity index (χ3n) is 3.42. The molecule has 120 valence electrons. The molecule has 1 aromatic heterocycles. The average Bonchev–Trinajstić information content (AvgIpc) is 2.94. The fraction of sp³-hybridized carbons (Fsp3) is 0.375. The molecule has 0 aliphatic carbocycles. The molecule has 7 nitrogen and oxygen atoms in total. The molecule has 0 unspecified atom stereocenters. The lowest BCUT2D eigenvalue weighted by Crippen LogP contribution is -2.27. The van der Waals surface area contributed by atoms with Crippen LogP contribution in [0, 0.1) is 0 Å². The van der Waals surface area contributed by atoms with Gasteiger partial charge in [0.1, 0.15) is 17.9 Å². The minimum atomic E-state index is -0.371. The van der Waals surface area contributed by atoms with Gasteiger partial charge >= 0.3 is 5.97 Å². The lowest BCUT2D eigenvalue weighted by Gasteiger charge is -2.27. The van der Waals surface area contributed by atoms with Crippen LogP contribution >= 0.6 is 0 Å². The van der Waals surface area contributed by atoms with E-state index in [4.69, 9.17) is 9.47 Å². The summed E-state index contributed by atoms with van der Waals surface area (Å²) in [6, 6.07) is 5.70. The third-order valence-corrected chi connectivity index (χ3v) is 3.42. The number of ether oxygens (including phenoxy) is 2. The Morgan fingerprint density at radius 3 is 3.00 bits per heavy atom. The standard InChI is InChI=1S/C16H18N4O3/c1-4-22-14(21)10-20-15(17-18-19-20)12-5-6-13-11(9-12)7-8-16(2,3)23-13/h5-9H,4,10H2,1-3H3. The van der Waals surface area contributed by atoms with Crippen molar-refractivity contribution in [1.29, 1.82) is 0 Å². The molecule has 0 N–H and O–H groups in total. The van der Waals surface area contributed by atoms with Crippen LogP contribution in [0.4, 0.5) is 0 Å². The number of nitrogens with zero attached hydrogens (tertiary/aromatic N) is 4. The second-order valence-electron chi connectivity index (χ2n) is 5.76. The molecule has 0 spiro atoms. The zero-order valence-corrected chi connectivity index (χ0v) is 13.3. The molecule has 0 amide bonds. The van der Waals surface area contributed by atoms with E-state index >= 15 is 0 Å². The van der Waals surface area contributed by atoms with Gasteiger partial charge in [0.25, 0.3) is 0 Å². The molecule has 23 heavy (non-hydrogen) atoms. The van der Waals surface area contributed by atoms with Gasteiger partial charge in [-0.05, 0) is 55.5 Å². The highest BCUT2D eigenvalue weighted by atomic mass is 16.5. The molecule has 0 atom stereocenters. The molecule has 0 bridgehead atoms. The van der Waals surface area contributed by atoms with E-state index in [-0.39, 0.29) is 18.1 Å². The van der Waals surface area contributed by atoms with Crippen LogP contribution in [0.1, 0.15) is 26.3 Å². The van der Waals surface area contributed by atoms with Gasteiger partial charge < -0.3 is 9.47 Å². The number of carbonyl (C=O) groups is 1. The van der Waals surface area contributed by atoms with E-state index in [0.29, 0.717) is 12.4 Å². The maximum Gasteiger partial charge on any atom is 0.327 e. The van der Waals surface area contributed by atoms with E-state index in [0.717, 1.165) is 16.9 Å². The lowest BCUT2D eigenvalue weighted by atomic mass is 10.0. The number of hydrogen-bond acceptors (Lipinski definition) is 6. The fourth-order valence-electron chi connectivity index (χ4n) is 2.37. The van der Waals surface area contributed by atoms with Crippen LogP contribution in [0.2, 0.25) is 0 Å². The average molecular weight is 314 g/mol. The van der Waals surface area contributed by atoms with Crippen LogP contribution in [-0.2, 0) is 16.1 Å². The molecule has 7 heteroatoms. The number of tetrazole rings is 1. The van der Waals surface area contributed by atoms with Gasteiger partial charge in [-0.15, -0.1) is 5.10 Å². The van der Waals surface area contributed by atoms with E-state index in [2.05, 4.69) is 15.5 Å². The zero-order valence-electron chi connectivity index (χ0n) is 13.3. The van der Waals surface area contributed by atoms with Crippen LogP contribution < -0.4 is 4.74 Å². The zero-order chi connectivity index (χ0) is 16.4. The predicted octanol–water partition coefficient (Wildman–Crippen LogP) is 2.09. The Labute approximate surface area is 133 Å². The van der Waals surface area contributed by atoms with Gasteiger partial charge in [-0.2, -0.15) is 0 Å². The van der Waals surface area contributed by atoms with Crippen molar-refractivity contribution in [3.63, 3.8) is 0 Å². The first-order chi connectivity index (χ1) is 11.0. The molecule has 1 aromatic carbocycles. The Morgan fingerprint density at radius 1 is 1.39 bits per heavy atom. The van der Waals surface area contributed by atoms with Crippen molar-refractivity contribution >= 4 is 12.0 Å². The number of benzene rings is 1. The van der Waals surface area contributed by atoms with E-state index < -0.39 is 0 Å². The number of esters is 1. The van der Waals surface area contributed by atoms with E-state index in [1.807, 2.05) is 44.2 Å². The van der Waals surface area contributed by atoms with Crippen molar-refractivity contribution in [2.45, 2.75) is 32.9 Å². The molecule has 0 fully saturated rings. The number of aromatic nitrogens is 4. The fourth-order valence-corrected chi connectivity index (χ4v) is 2.37. The molecule has 0 saturated carbocycles.